The lowest BCUT2D eigenvalue weighted by Crippen LogP contribution is -2.51. The lowest BCUT2D eigenvalue weighted by molar-refractivity contribution is -0.274. The molecule has 0 heterocycles. The van der Waals surface area contributed by atoms with Gasteiger partial charge < -0.3 is 14.4 Å². The normalized spacial score (nSPS) is 15.1. The largest absolute Gasteiger partial charge is 0.573 e. The maximum Gasteiger partial charge on any atom is 0.573 e. The van der Waals surface area contributed by atoms with E-state index in [4.69, 9.17) is 4.74 Å². The van der Waals surface area contributed by atoms with Crippen LogP contribution in [0.15, 0.2) is 24.3 Å². The Labute approximate surface area is 147 Å². The van der Waals surface area contributed by atoms with Gasteiger partial charge >= 0.3 is 12.3 Å². The van der Waals surface area contributed by atoms with Gasteiger partial charge in [0.15, 0.2) is 11.8 Å². The smallest absolute Gasteiger partial charge is 0.464 e. The number of benzene rings is 1. The van der Waals surface area contributed by atoms with Gasteiger partial charge in [-0.1, -0.05) is 0 Å². The molecule has 1 fully saturated rings. The molecule has 0 saturated heterocycles. The van der Waals surface area contributed by atoms with Gasteiger partial charge in [-0.2, -0.15) is 0 Å². The van der Waals surface area contributed by atoms with Crippen molar-refractivity contribution in [1.82, 2.24) is 4.90 Å². The van der Waals surface area contributed by atoms with E-state index in [0.29, 0.717) is 12.8 Å². The van der Waals surface area contributed by atoms with Crippen LogP contribution in [0.5, 0.6) is 5.75 Å². The predicted octanol–water partition coefficient (Wildman–Crippen LogP) is 2.71. The molecule has 6 nitrogen and oxygen atoms in total. The molecule has 1 aromatic rings. The summed E-state index contributed by atoms with van der Waals surface area (Å²) in [6, 6.07) is 2.65. The standard InChI is InChI=1S/C17H18F3NO5/c1-3-25-16(24)14(10(2)22)21(12-6-7-12)15(23)11-4-8-13(9-5-11)26-17(18,19)20/h4-5,8-9,12,14H,3,6-7H2,1-2H3. The molecule has 9 heteroatoms. The highest BCUT2D eigenvalue weighted by Gasteiger charge is 2.43. The molecule has 0 aliphatic heterocycles. The minimum atomic E-state index is -4.84. The molecular weight excluding hydrogens is 355 g/mol. The molecule has 0 N–H and O–H groups in total. The molecule has 1 unspecified atom stereocenters. The number of rotatable bonds is 7. The lowest BCUT2D eigenvalue weighted by Gasteiger charge is -2.28. The Morgan fingerprint density at radius 3 is 2.19 bits per heavy atom. The quantitative estimate of drug-likeness (QED) is 0.543. The average molecular weight is 373 g/mol. The van der Waals surface area contributed by atoms with E-state index in [0.717, 1.165) is 29.2 Å². The second kappa shape index (κ2) is 7.76. The SMILES string of the molecule is CCOC(=O)C(C(C)=O)N(C(=O)c1ccc(OC(F)(F)F)cc1)C1CC1. The van der Waals surface area contributed by atoms with Gasteiger partial charge in [0.25, 0.3) is 5.91 Å². The van der Waals surface area contributed by atoms with Crippen LogP contribution in [0.1, 0.15) is 37.0 Å². The molecule has 0 spiro atoms. The number of amides is 1. The maximum absolute atomic E-state index is 12.8. The van der Waals surface area contributed by atoms with Crippen molar-refractivity contribution in [2.45, 2.75) is 45.1 Å². The van der Waals surface area contributed by atoms with Gasteiger partial charge in [0, 0.05) is 11.6 Å². The first kappa shape index (κ1) is 19.7. The van der Waals surface area contributed by atoms with E-state index >= 15 is 0 Å². The van der Waals surface area contributed by atoms with Gasteiger partial charge in [0.05, 0.1) is 6.61 Å². The van der Waals surface area contributed by atoms with E-state index in [1.54, 1.807) is 6.92 Å². The zero-order valence-electron chi connectivity index (χ0n) is 14.2. The summed E-state index contributed by atoms with van der Waals surface area (Å²) in [6.07, 6.45) is -3.58. The van der Waals surface area contributed by atoms with Crippen molar-refractivity contribution in [3.63, 3.8) is 0 Å². The van der Waals surface area contributed by atoms with Crippen molar-refractivity contribution >= 4 is 17.7 Å². The monoisotopic (exact) mass is 373 g/mol. The fourth-order valence-corrected chi connectivity index (χ4v) is 2.49. The molecular formula is C17H18F3NO5. The Hall–Kier alpha value is -2.58. The zero-order chi connectivity index (χ0) is 19.5. The Bertz CT molecular complexity index is 683. The Kier molecular flexibility index (Phi) is 5.89. The first-order valence-electron chi connectivity index (χ1n) is 7.99. The molecule has 2 rings (SSSR count). The van der Waals surface area contributed by atoms with Crippen LogP contribution in [-0.2, 0) is 14.3 Å². The zero-order valence-corrected chi connectivity index (χ0v) is 14.2. The number of Topliss-reactive ketones (excluding diaryl/α,β-unsaturated/α-hetero) is 1. The summed E-state index contributed by atoms with van der Waals surface area (Å²) in [5.41, 5.74) is 0.0435. The summed E-state index contributed by atoms with van der Waals surface area (Å²) < 4.78 is 45.3. The highest BCUT2D eigenvalue weighted by Crippen LogP contribution is 2.31. The fourth-order valence-electron chi connectivity index (χ4n) is 2.49. The summed E-state index contributed by atoms with van der Waals surface area (Å²) in [4.78, 5) is 38.0. The molecule has 1 saturated carbocycles. The molecule has 142 valence electrons. The molecule has 1 atom stereocenters. The van der Waals surface area contributed by atoms with E-state index in [9.17, 15) is 27.6 Å². The predicted molar refractivity (Wildman–Crippen MR) is 83.4 cm³/mol. The van der Waals surface area contributed by atoms with E-state index in [2.05, 4.69) is 4.74 Å². The number of halogens is 3. The van der Waals surface area contributed by atoms with Crippen molar-refractivity contribution in [1.29, 1.82) is 0 Å². The van der Waals surface area contributed by atoms with E-state index < -0.39 is 35.8 Å². The minimum Gasteiger partial charge on any atom is -0.464 e. The number of hydrogen-bond donors (Lipinski definition) is 0. The topological polar surface area (TPSA) is 72.9 Å². The highest BCUT2D eigenvalue weighted by atomic mass is 19.4. The van der Waals surface area contributed by atoms with Crippen LogP contribution in [0, 0.1) is 0 Å². The number of ketones is 1. The number of nitrogens with zero attached hydrogens (tertiary/aromatic N) is 1. The third kappa shape index (κ3) is 4.96. The van der Waals surface area contributed by atoms with Crippen LogP contribution >= 0.6 is 0 Å². The van der Waals surface area contributed by atoms with E-state index in [-0.39, 0.29) is 18.2 Å². The Morgan fingerprint density at radius 1 is 1.19 bits per heavy atom. The first-order valence-corrected chi connectivity index (χ1v) is 7.99. The van der Waals surface area contributed by atoms with Gasteiger partial charge in [-0.3, -0.25) is 9.59 Å². The third-order valence-corrected chi connectivity index (χ3v) is 3.68. The van der Waals surface area contributed by atoms with E-state index in [1.807, 2.05) is 0 Å². The van der Waals surface area contributed by atoms with E-state index in [1.165, 1.54) is 6.92 Å². The molecule has 0 bridgehead atoms. The van der Waals surface area contributed by atoms with Crippen molar-refractivity contribution in [2.75, 3.05) is 6.61 Å². The van der Waals surface area contributed by atoms with Crippen LogP contribution in [-0.4, -0.2) is 47.6 Å². The van der Waals surface area contributed by atoms with Crippen molar-refractivity contribution in [3.8, 4) is 5.75 Å². The maximum atomic E-state index is 12.8. The lowest BCUT2D eigenvalue weighted by atomic mass is 10.1. The molecule has 1 aliphatic carbocycles. The van der Waals surface area contributed by atoms with Gasteiger partial charge in [-0.05, 0) is 51.0 Å². The summed E-state index contributed by atoms with van der Waals surface area (Å²) in [5.74, 6) is -2.46. The molecule has 1 aromatic carbocycles. The number of alkyl halides is 3. The van der Waals surface area contributed by atoms with Crippen LogP contribution in [0.3, 0.4) is 0 Å². The second-order valence-electron chi connectivity index (χ2n) is 5.78. The van der Waals surface area contributed by atoms with Crippen molar-refractivity contribution in [2.24, 2.45) is 0 Å². The van der Waals surface area contributed by atoms with Crippen LogP contribution in [0.2, 0.25) is 0 Å². The number of hydrogen-bond acceptors (Lipinski definition) is 5. The van der Waals surface area contributed by atoms with Crippen molar-refractivity contribution in [3.05, 3.63) is 29.8 Å². The van der Waals surface area contributed by atoms with Crippen LogP contribution in [0.4, 0.5) is 13.2 Å². The average Bonchev–Trinajstić information content (AvgIpc) is 3.35. The fraction of sp³-hybridized carbons (Fsp3) is 0.471. The van der Waals surface area contributed by atoms with Gasteiger partial charge in [-0.25, -0.2) is 4.79 Å². The number of esters is 1. The van der Waals surface area contributed by atoms with Gasteiger partial charge in [-0.15, -0.1) is 13.2 Å². The number of carbonyl (C=O) groups excluding carboxylic acids is 3. The summed E-state index contributed by atoms with van der Waals surface area (Å²) in [7, 11) is 0. The van der Waals surface area contributed by atoms with Gasteiger partial charge in [0.1, 0.15) is 5.75 Å². The first-order chi connectivity index (χ1) is 12.1. The molecule has 1 aliphatic rings. The molecule has 26 heavy (non-hydrogen) atoms. The van der Waals surface area contributed by atoms with Crippen LogP contribution in [0.25, 0.3) is 0 Å². The van der Waals surface area contributed by atoms with Crippen molar-refractivity contribution < 1.29 is 37.0 Å². The van der Waals surface area contributed by atoms with Crippen LogP contribution < -0.4 is 4.74 Å². The molecule has 0 radical (unpaired) electrons. The number of ether oxygens (including phenoxy) is 2. The Balaban J connectivity index is 2.25. The highest BCUT2D eigenvalue weighted by molar-refractivity contribution is 6.07. The minimum absolute atomic E-state index is 0.0435. The second-order valence-corrected chi connectivity index (χ2v) is 5.78. The summed E-state index contributed by atoms with van der Waals surface area (Å²) >= 11 is 0. The summed E-state index contributed by atoms with van der Waals surface area (Å²) in [6.45, 7) is 2.82. The summed E-state index contributed by atoms with van der Waals surface area (Å²) in [5, 5.41) is 0. The molecule has 1 amide bonds. The molecule has 0 aromatic heterocycles. The third-order valence-electron chi connectivity index (χ3n) is 3.68. The van der Waals surface area contributed by atoms with Gasteiger partial charge in [0.2, 0.25) is 0 Å². The number of carbonyl (C=O) groups is 3. The Morgan fingerprint density at radius 2 is 1.77 bits per heavy atom.